The molecule has 2 saturated heterocycles. The molecule has 33 heavy (non-hydrogen) atoms. The number of carbonyl (C=O) groups is 2. The van der Waals surface area contributed by atoms with Crippen molar-refractivity contribution >= 4 is 23.5 Å². The SMILES string of the molecule is C#CCOC(=O)Nc1cnc(N2CCCC3(CCN(C4CCC(O)CC4)C3=O)C2)c(OC)c1. The highest BCUT2D eigenvalue weighted by Gasteiger charge is 2.51. The van der Waals surface area contributed by atoms with Crippen LogP contribution in [0.4, 0.5) is 16.3 Å². The molecule has 3 aliphatic rings. The molecule has 1 aliphatic carbocycles. The largest absolute Gasteiger partial charge is 0.493 e. The van der Waals surface area contributed by atoms with Gasteiger partial charge in [0.1, 0.15) is 0 Å². The van der Waals surface area contributed by atoms with Gasteiger partial charge in [0.25, 0.3) is 0 Å². The van der Waals surface area contributed by atoms with E-state index in [1.807, 2.05) is 0 Å². The zero-order valence-corrected chi connectivity index (χ0v) is 19.1. The molecule has 4 rings (SSSR count). The Bertz CT molecular complexity index is 924. The number of amides is 2. The van der Waals surface area contributed by atoms with Gasteiger partial charge < -0.3 is 24.4 Å². The fraction of sp³-hybridized carbons (Fsp3) is 0.625. The first kappa shape index (κ1) is 23.2. The van der Waals surface area contributed by atoms with E-state index in [-0.39, 0.29) is 24.7 Å². The van der Waals surface area contributed by atoms with Gasteiger partial charge in [-0.15, -0.1) is 6.42 Å². The molecule has 1 aromatic heterocycles. The van der Waals surface area contributed by atoms with Gasteiger partial charge in [-0.25, -0.2) is 9.78 Å². The number of piperidine rings is 1. The number of pyridine rings is 1. The number of aliphatic hydroxyl groups excluding tert-OH is 1. The molecule has 1 unspecified atom stereocenters. The number of carbonyl (C=O) groups excluding carboxylic acids is 2. The average molecular weight is 457 g/mol. The maximum atomic E-state index is 13.6. The predicted molar refractivity (Wildman–Crippen MR) is 123 cm³/mol. The minimum absolute atomic E-state index is 0.114. The van der Waals surface area contributed by atoms with Gasteiger partial charge in [-0.1, -0.05) is 5.92 Å². The van der Waals surface area contributed by atoms with Crippen LogP contribution in [0.15, 0.2) is 12.3 Å². The maximum Gasteiger partial charge on any atom is 0.412 e. The standard InChI is InChI=1S/C24H32N4O5/c1-3-13-33-23(31)26-17-14-20(32-2)21(25-15-17)27-11-4-9-24(16-27)10-12-28(22(24)30)18-5-7-19(29)8-6-18/h1,14-15,18-19,29H,4-13,16H2,2H3,(H,26,31). The lowest BCUT2D eigenvalue weighted by atomic mass is 9.78. The van der Waals surface area contributed by atoms with E-state index in [1.54, 1.807) is 19.4 Å². The lowest BCUT2D eigenvalue weighted by Crippen LogP contribution is -2.50. The fourth-order valence-electron chi connectivity index (χ4n) is 5.41. The van der Waals surface area contributed by atoms with Crippen molar-refractivity contribution in [1.82, 2.24) is 9.88 Å². The molecule has 9 heteroatoms. The number of ether oxygens (including phenoxy) is 2. The van der Waals surface area contributed by atoms with E-state index in [2.05, 4.69) is 26.0 Å². The van der Waals surface area contributed by atoms with Gasteiger partial charge in [-0.3, -0.25) is 10.1 Å². The summed E-state index contributed by atoms with van der Waals surface area (Å²) in [6, 6.07) is 1.93. The molecule has 2 amide bonds. The number of hydrogen-bond donors (Lipinski definition) is 2. The molecule has 3 fully saturated rings. The number of likely N-dealkylation sites (tertiary alicyclic amines) is 1. The highest BCUT2D eigenvalue weighted by atomic mass is 16.5. The lowest BCUT2D eigenvalue weighted by molar-refractivity contribution is -0.139. The van der Waals surface area contributed by atoms with Crippen molar-refractivity contribution in [2.24, 2.45) is 5.41 Å². The maximum absolute atomic E-state index is 13.6. The summed E-state index contributed by atoms with van der Waals surface area (Å²) in [5.74, 6) is 3.66. The van der Waals surface area contributed by atoms with Gasteiger partial charge in [-0.05, 0) is 44.9 Å². The number of methoxy groups -OCH3 is 1. The molecule has 1 atom stereocenters. The van der Waals surface area contributed by atoms with E-state index in [0.29, 0.717) is 23.8 Å². The van der Waals surface area contributed by atoms with E-state index >= 15 is 0 Å². The molecule has 0 radical (unpaired) electrons. The summed E-state index contributed by atoms with van der Waals surface area (Å²) in [5, 5.41) is 12.4. The van der Waals surface area contributed by atoms with Crippen LogP contribution in [0, 0.1) is 17.8 Å². The molecule has 1 spiro atoms. The summed E-state index contributed by atoms with van der Waals surface area (Å²) in [4.78, 5) is 34.1. The van der Waals surface area contributed by atoms with Crippen molar-refractivity contribution in [3.8, 4) is 18.1 Å². The second kappa shape index (κ2) is 9.87. The fourth-order valence-corrected chi connectivity index (χ4v) is 5.41. The number of aromatic nitrogens is 1. The van der Waals surface area contributed by atoms with Crippen LogP contribution >= 0.6 is 0 Å². The number of nitrogens with zero attached hydrogens (tertiary/aromatic N) is 3. The average Bonchev–Trinajstić information content (AvgIpc) is 3.13. The van der Waals surface area contributed by atoms with Crippen molar-refractivity contribution in [1.29, 1.82) is 0 Å². The van der Waals surface area contributed by atoms with E-state index in [0.717, 1.165) is 58.0 Å². The second-order valence-corrected chi connectivity index (χ2v) is 9.17. The minimum atomic E-state index is -0.659. The topological polar surface area (TPSA) is 104 Å². The molecule has 2 N–H and O–H groups in total. The zero-order valence-electron chi connectivity index (χ0n) is 19.1. The minimum Gasteiger partial charge on any atom is -0.493 e. The third-order valence-electron chi connectivity index (χ3n) is 7.12. The Morgan fingerprint density at radius 1 is 1.33 bits per heavy atom. The Morgan fingerprint density at radius 2 is 2.12 bits per heavy atom. The molecule has 1 aromatic rings. The third-order valence-corrected chi connectivity index (χ3v) is 7.12. The first-order valence-corrected chi connectivity index (χ1v) is 11.6. The van der Waals surface area contributed by atoms with Crippen LogP contribution in [0.5, 0.6) is 5.75 Å². The molecular formula is C24H32N4O5. The second-order valence-electron chi connectivity index (χ2n) is 9.17. The van der Waals surface area contributed by atoms with E-state index < -0.39 is 11.5 Å². The molecule has 1 saturated carbocycles. The van der Waals surface area contributed by atoms with Crippen LogP contribution < -0.4 is 15.0 Å². The van der Waals surface area contributed by atoms with Crippen molar-refractivity contribution < 1.29 is 24.2 Å². The molecule has 3 heterocycles. The van der Waals surface area contributed by atoms with Crippen LogP contribution in [0.3, 0.4) is 0 Å². The summed E-state index contributed by atoms with van der Waals surface area (Å²) >= 11 is 0. The number of anilines is 2. The number of rotatable bonds is 5. The quantitative estimate of drug-likeness (QED) is 0.656. The van der Waals surface area contributed by atoms with Crippen LogP contribution in [0.25, 0.3) is 0 Å². The van der Waals surface area contributed by atoms with Gasteiger partial charge >= 0.3 is 6.09 Å². The van der Waals surface area contributed by atoms with Crippen molar-refractivity contribution in [2.75, 3.05) is 43.6 Å². The van der Waals surface area contributed by atoms with E-state index in [1.165, 1.54) is 0 Å². The van der Waals surface area contributed by atoms with Gasteiger partial charge in [-0.2, -0.15) is 0 Å². The zero-order chi connectivity index (χ0) is 23.4. The Kier molecular flexibility index (Phi) is 6.94. The van der Waals surface area contributed by atoms with E-state index in [9.17, 15) is 14.7 Å². The Balaban J connectivity index is 1.46. The van der Waals surface area contributed by atoms with Crippen molar-refractivity contribution in [3.63, 3.8) is 0 Å². The monoisotopic (exact) mass is 456 g/mol. The molecule has 9 nitrogen and oxygen atoms in total. The van der Waals surface area contributed by atoms with Crippen molar-refractivity contribution in [3.05, 3.63) is 12.3 Å². The Hall–Kier alpha value is -2.99. The predicted octanol–water partition coefficient (Wildman–Crippen LogP) is 2.39. The van der Waals surface area contributed by atoms with Crippen LogP contribution in [0.1, 0.15) is 44.9 Å². The summed E-state index contributed by atoms with van der Waals surface area (Å²) in [5.41, 5.74) is 0.0312. The van der Waals surface area contributed by atoms with Gasteiger partial charge in [0.2, 0.25) is 5.91 Å². The van der Waals surface area contributed by atoms with Gasteiger partial charge in [0, 0.05) is 31.7 Å². The number of aliphatic hydroxyl groups is 1. The summed E-state index contributed by atoms with van der Waals surface area (Å²) < 4.78 is 10.4. The smallest absolute Gasteiger partial charge is 0.412 e. The van der Waals surface area contributed by atoms with Gasteiger partial charge in [0.15, 0.2) is 18.2 Å². The third kappa shape index (κ3) is 4.86. The van der Waals surface area contributed by atoms with Crippen LogP contribution in [0.2, 0.25) is 0 Å². The summed E-state index contributed by atoms with van der Waals surface area (Å²) in [7, 11) is 1.56. The van der Waals surface area contributed by atoms with Gasteiger partial charge in [0.05, 0.1) is 30.5 Å². The number of hydrogen-bond acceptors (Lipinski definition) is 7. The molecule has 0 aromatic carbocycles. The molecule has 0 bridgehead atoms. The highest BCUT2D eigenvalue weighted by molar-refractivity contribution is 5.87. The summed E-state index contributed by atoms with van der Waals surface area (Å²) in [6.45, 7) is 2.04. The number of nitrogens with one attached hydrogen (secondary N) is 1. The van der Waals surface area contributed by atoms with E-state index in [4.69, 9.17) is 15.9 Å². The molecular weight excluding hydrogens is 424 g/mol. The Morgan fingerprint density at radius 3 is 2.85 bits per heavy atom. The summed E-state index contributed by atoms with van der Waals surface area (Å²) in [6.07, 6.45) is 11.7. The first-order valence-electron chi connectivity index (χ1n) is 11.6. The van der Waals surface area contributed by atoms with Crippen LogP contribution in [-0.4, -0.2) is 72.5 Å². The normalized spacial score (nSPS) is 27.4. The lowest BCUT2D eigenvalue weighted by Gasteiger charge is -2.41. The molecule has 2 aliphatic heterocycles. The van der Waals surface area contributed by atoms with Crippen molar-refractivity contribution in [2.45, 2.75) is 57.1 Å². The molecule has 178 valence electrons. The van der Waals surface area contributed by atoms with Crippen LogP contribution in [-0.2, 0) is 9.53 Å². The highest BCUT2D eigenvalue weighted by Crippen LogP contribution is 2.44. The Labute approximate surface area is 194 Å². The first-order chi connectivity index (χ1) is 16.0. The number of terminal acetylenes is 1.